The van der Waals surface area contributed by atoms with Crippen LogP contribution < -0.4 is 0 Å². The molecule has 0 unspecified atom stereocenters. The van der Waals surface area contributed by atoms with E-state index in [1.54, 1.807) is 0 Å². The molecular formula is C8H10FN. The van der Waals surface area contributed by atoms with Gasteiger partial charge >= 0.3 is 0 Å². The van der Waals surface area contributed by atoms with Gasteiger partial charge in [0.25, 0.3) is 0 Å². The largest absolute Gasteiger partial charge is 0.228 e. The highest BCUT2D eigenvalue weighted by Gasteiger charge is 1.98. The Morgan fingerprint density at radius 2 is 2.20 bits per heavy atom. The average molecular weight is 139 g/mol. The average Bonchev–Trinajstić information content (AvgIpc) is 1.88. The fourth-order valence-corrected chi connectivity index (χ4v) is 0.777. The second kappa shape index (κ2) is 2.78. The molecule has 10 heavy (non-hydrogen) atoms. The zero-order chi connectivity index (χ0) is 7.56. The Labute approximate surface area is 59.9 Å². The highest BCUT2D eigenvalue weighted by Crippen LogP contribution is 2.12. The van der Waals surface area contributed by atoms with Crippen molar-refractivity contribution in [3.8, 4) is 0 Å². The van der Waals surface area contributed by atoms with E-state index < -0.39 is 5.95 Å². The number of pyridine rings is 1. The van der Waals surface area contributed by atoms with Gasteiger partial charge in [-0.2, -0.15) is 4.39 Å². The normalized spacial score (nSPS) is 10.4. The van der Waals surface area contributed by atoms with E-state index in [-0.39, 0.29) is 0 Å². The van der Waals surface area contributed by atoms with E-state index in [9.17, 15) is 4.39 Å². The van der Waals surface area contributed by atoms with Gasteiger partial charge in [-0.3, -0.25) is 0 Å². The van der Waals surface area contributed by atoms with Crippen molar-refractivity contribution in [2.24, 2.45) is 0 Å². The van der Waals surface area contributed by atoms with E-state index in [2.05, 4.69) is 4.98 Å². The fourth-order valence-electron chi connectivity index (χ4n) is 0.777. The minimum absolute atomic E-state index is 0.373. The molecule has 2 heteroatoms. The predicted molar refractivity (Wildman–Crippen MR) is 38.3 cm³/mol. The van der Waals surface area contributed by atoms with E-state index in [1.165, 1.54) is 12.3 Å². The van der Waals surface area contributed by atoms with Crippen molar-refractivity contribution in [2.45, 2.75) is 19.8 Å². The lowest BCUT2D eigenvalue weighted by Crippen LogP contribution is -1.89. The van der Waals surface area contributed by atoms with Crippen LogP contribution in [0.4, 0.5) is 4.39 Å². The van der Waals surface area contributed by atoms with Gasteiger partial charge in [0.15, 0.2) is 0 Å². The third-order valence-electron chi connectivity index (χ3n) is 1.42. The lowest BCUT2D eigenvalue weighted by atomic mass is 10.1. The van der Waals surface area contributed by atoms with Crippen LogP contribution in [-0.4, -0.2) is 4.98 Å². The summed E-state index contributed by atoms with van der Waals surface area (Å²) in [6.07, 6.45) is 1.49. The highest BCUT2D eigenvalue weighted by molar-refractivity contribution is 5.14. The first-order valence-corrected chi connectivity index (χ1v) is 3.31. The molecule has 0 aromatic carbocycles. The molecule has 0 radical (unpaired) electrons. The van der Waals surface area contributed by atoms with E-state index in [0.717, 1.165) is 5.56 Å². The molecule has 0 aliphatic rings. The molecule has 0 spiro atoms. The van der Waals surface area contributed by atoms with Gasteiger partial charge in [-0.25, -0.2) is 4.98 Å². The molecular weight excluding hydrogens is 129 g/mol. The van der Waals surface area contributed by atoms with Crippen LogP contribution in [-0.2, 0) is 0 Å². The van der Waals surface area contributed by atoms with Gasteiger partial charge in [0.05, 0.1) is 0 Å². The topological polar surface area (TPSA) is 12.9 Å². The highest BCUT2D eigenvalue weighted by atomic mass is 19.1. The monoisotopic (exact) mass is 139 g/mol. The Morgan fingerprint density at radius 1 is 1.50 bits per heavy atom. The number of nitrogens with zero attached hydrogens (tertiary/aromatic N) is 1. The summed E-state index contributed by atoms with van der Waals surface area (Å²) in [7, 11) is 0. The molecule has 0 amide bonds. The molecule has 0 aliphatic heterocycles. The molecule has 0 aliphatic carbocycles. The summed E-state index contributed by atoms with van der Waals surface area (Å²) in [6.45, 7) is 4.05. The van der Waals surface area contributed by atoms with E-state index in [1.807, 2.05) is 19.9 Å². The summed E-state index contributed by atoms with van der Waals surface area (Å²) in [6, 6.07) is 3.29. The van der Waals surface area contributed by atoms with Crippen LogP contribution >= 0.6 is 0 Å². The zero-order valence-electron chi connectivity index (χ0n) is 6.13. The fraction of sp³-hybridized carbons (Fsp3) is 0.375. The minimum atomic E-state index is -0.397. The Kier molecular flexibility index (Phi) is 2.00. The summed E-state index contributed by atoms with van der Waals surface area (Å²) in [5.41, 5.74) is 0.993. The molecule has 1 rings (SSSR count). The van der Waals surface area contributed by atoms with Gasteiger partial charge in [0.2, 0.25) is 5.95 Å². The molecule has 0 N–H and O–H groups in total. The molecule has 0 saturated heterocycles. The third-order valence-corrected chi connectivity index (χ3v) is 1.42. The molecule has 0 atom stereocenters. The van der Waals surface area contributed by atoms with E-state index in [0.29, 0.717) is 5.92 Å². The Hall–Kier alpha value is -0.920. The lowest BCUT2D eigenvalue weighted by molar-refractivity contribution is 0.579. The number of halogens is 1. The van der Waals surface area contributed by atoms with Crippen LogP contribution in [0.1, 0.15) is 25.3 Å². The van der Waals surface area contributed by atoms with Crippen molar-refractivity contribution in [1.82, 2.24) is 4.98 Å². The third kappa shape index (κ3) is 1.53. The summed E-state index contributed by atoms with van der Waals surface area (Å²) in [4.78, 5) is 3.46. The summed E-state index contributed by atoms with van der Waals surface area (Å²) in [5.74, 6) is -0.0244. The first-order chi connectivity index (χ1) is 4.70. The van der Waals surface area contributed by atoms with Crippen molar-refractivity contribution in [3.63, 3.8) is 0 Å². The van der Waals surface area contributed by atoms with Gasteiger partial charge in [-0.05, 0) is 23.6 Å². The standard InChI is InChI=1S/C8H10FN/c1-6(2)7-3-4-10-8(9)5-7/h3-6H,1-2H3. The molecule has 1 nitrogen and oxygen atoms in total. The predicted octanol–water partition coefficient (Wildman–Crippen LogP) is 2.34. The quantitative estimate of drug-likeness (QED) is 0.544. The maximum Gasteiger partial charge on any atom is 0.213 e. The molecule has 1 heterocycles. The van der Waals surface area contributed by atoms with Crippen molar-refractivity contribution in [3.05, 3.63) is 29.8 Å². The molecule has 0 saturated carbocycles. The van der Waals surface area contributed by atoms with Crippen LogP contribution in [0, 0.1) is 5.95 Å². The van der Waals surface area contributed by atoms with E-state index >= 15 is 0 Å². The van der Waals surface area contributed by atoms with Gasteiger partial charge in [0, 0.05) is 6.20 Å². The zero-order valence-corrected chi connectivity index (χ0v) is 6.13. The molecule has 0 bridgehead atoms. The Balaban J connectivity index is 2.96. The molecule has 1 aromatic rings. The van der Waals surface area contributed by atoms with Gasteiger partial charge in [-0.1, -0.05) is 13.8 Å². The Bertz CT molecular complexity index is 220. The van der Waals surface area contributed by atoms with Crippen LogP contribution in [0.5, 0.6) is 0 Å². The molecule has 54 valence electrons. The summed E-state index contributed by atoms with van der Waals surface area (Å²) >= 11 is 0. The lowest BCUT2D eigenvalue weighted by Gasteiger charge is -2.02. The minimum Gasteiger partial charge on any atom is -0.228 e. The summed E-state index contributed by atoms with van der Waals surface area (Å²) < 4.78 is 12.4. The number of aromatic nitrogens is 1. The van der Waals surface area contributed by atoms with Crippen LogP contribution in [0.25, 0.3) is 0 Å². The second-order valence-electron chi connectivity index (χ2n) is 2.57. The van der Waals surface area contributed by atoms with Crippen molar-refractivity contribution in [1.29, 1.82) is 0 Å². The van der Waals surface area contributed by atoms with Crippen LogP contribution in [0.2, 0.25) is 0 Å². The van der Waals surface area contributed by atoms with Crippen molar-refractivity contribution >= 4 is 0 Å². The van der Waals surface area contributed by atoms with Crippen LogP contribution in [0.3, 0.4) is 0 Å². The number of hydrogen-bond donors (Lipinski definition) is 0. The number of hydrogen-bond acceptors (Lipinski definition) is 1. The van der Waals surface area contributed by atoms with E-state index in [4.69, 9.17) is 0 Å². The maximum absolute atomic E-state index is 12.4. The first-order valence-electron chi connectivity index (χ1n) is 3.31. The Morgan fingerprint density at radius 3 is 2.60 bits per heavy atom. The number of rotatable bonds is 1. The second-order valence-corrected chi connectivity index (χ2v) is 2.57. The summed E-state index contributed by atoms with van der Waals surface area (Å²) in [5, 5.41) is 0. The maximum atomic E-state index is 12.4. The SMILES string of the molecule is CC(C)c1ccnc(F)c1. The molecule has 1 aromatic heterocycles. The smallest absolute Gasteiger partial charge is 0.213 e. The van der Waals surface area contributed by atoms with Gasteiger partial charge in [-0.15, -0.1) is 0 Å². The molecule has 0 fully saturated rings. The first kappa shape index (κ1) is 7.19. The van der Waals surface area contributed by atoms with Gasteiger partial charge < -0.3 is 0 Å². The van der Waals surface area contributed by atoms with Crippen LogP contribution in [0.15, 0.2) is 18.3 Å². The van der Waals surface area contributed by atoms with Crippen molar-refractivity contribution in [2.75, 3.05) is 0 Å². The van der Waals surface area contributed by atoms with Crippen molar-refractivity contribution < 1.29 is 4.39 Å². The van der Waals surface area contributed by atoms with Gasteiger partial charge in [0.1, 0.15) is 0 Å².